The molecule has 0 spiro atoms. The fraction of sp³-hybridized carbons (Fsp3) is 0.370. The van der Waals surface area contributed by atoms with Crippen LogP contribution in [0.5, 0.6) is 0 Å². The summed E-state index contributed by atoms with van der Waals surface area (Å²) in [6.07, 6.45) is 3.78. The van der Waals surface area contributed by atoms with Crippen LogP contribution in [0, 0.1) is 13.8 Å². The number of benzene rings is 2. The van der Waals surface area contributed by atoms with Crippen molar-refractivity contribution in [1.82, 2.24) is 19.8 Å². The van der Waals surface area contributed by atoms with E-state index in [-0.39, 0.29) is 11.9 Å². The molecule has 1 fully saturated rings. The van der Waals surface area contributed by atoms with Crippen molar-refractivity contribution in [3.63, 3.8) is 0 Å². The van der Waals surface area contributed by atoms with Crippen LogP contribution in [0.25, 0.3) is 0 Å². The Morgan fingerprint density at radius 3 is 2.58 bits per heavy atom. The number of carbonyl (C=O) groups excluding carboxylic acids is 1. The molecule has 2 atom stereocenters. The number of amides is 1. The average Bonchev–Trinajstić information content (AvgIpc) is 3.26. The number of carbonyl (C=O) groups is 1. The van der Waals surface area contributed by atoms with E-state index in [2.05, 4.69) is 59.6 Å². The topological polar surface area (TPSA) is 125 Å². The molecule has 1 amide bonds. The number of aryl methyl sites for hydroxylation is 2. The summed E-state index contributed by atoms with van der Waals surface area (Å²) in [5.41, 5.74) is 15.9. The van der Waals surface area contributed by atoms with Crippen LogP contribution in [-0.2, 0) is 13.1 Å². The highest BCUT2D eigenvalue weighted by Crippen LogP contribution is 2.31. The Balaban J connectivity index is 1.22. The zero-order valence-corrected chi connectivity index (χ0v) is 21.1. The summed E-state index contributed by atoms with van der Waals surface area (Å²) < 4.78 is 0. The SMILES string of the molecule is Cc1cc(C)cc(Nc2ncc3c(n2)CN(C2CCN(C(=O)c4ccc(NN)c(N)c4)C(C)C2)C3)c1. The van der Waals surface area contributed by atoms with Crippen molar-refractivity contribution in [2.45, 2.75) is 58.8 Å². The second kappa shape index (κ2) is 9.75. The number of rotatable bonds is 5. The number of aromatic nitrogens is 2. The molecule has 2 aliphatic heterocycles. The largest absolute Gasteiger partial charge is 0.397 e. The van der Waals surface area contributed by atoms with Gasteiger partial charge in [-0.2, -0.15) is 0 Å². The van der Waals surface area contributed by atoms with Gasteiger partial charge in [-0.1, -0.05) is 6.07 Å². The van der Waals surface area contributed by atoms with Gasteiger partial charge in [0.25, 0.3) is 5.91 Å². The van der Waals surface area contributed by atoms with Gasteiger partial charge in [-0.05, 0) is 75.1 Å². The van der Waals surface area contributed by atoms with Crippen molar-refractivity contribution in [3.05, 3.63) is 70.5 Å². The summed E-state index contributed by atoms with van der Waals surface area (Å²) in [6.45, 7) is 8.65. The molecule has 36 heavy (non-hydrogen) atoms. The minimum atomic E-state index is 0.00824. The number of hydrogen-bond acceptors (Lipinski definition) is 8. The molecule has 1 saturated heterocycles. The average molecular weight is 487 g/mol. The van der Waals surface area contributed by atoms with Gasteiger partial charge in [-0.25, -0.2) is 9.97 Å². The Kier molecular flexibility index (Phi) is 6.51. The lowest BCUT2D eigenvalue weighted by Crippen LogP contribution is -2.50. The number of hydrazine groups is 1. The Morgan fingerprint density at radius 1 is 1.11 bits per heavy atom. The molecule has 9 nitrogen and oxygen atoms in total. The summed E-state index contributed by atoms with van der Waals surface area (Å²) in [7, 11) is 0. The number of nitrogens with one attached hydrogen (secondary N) is 2. The lowest BCUT2D eigenvalue weighted by atomic mass is 9.96. The Bertz CT molecular complexity index is 1270. The molecule has 3 heterocycles. The first kappa shape index (κ1) is 24.0. The third-order valence-corrected chi connectivity index (χ3v) is 7.24. The number of nitrogens with two attached hydrogens (primary N) is 2. The first-order valence-corrected chi connectivity index (χ1v) is 12.4. The predicted molar refractivity (Wildman–Crippen MR) is 143 cm³/mol. The molecule has 9 heteroatoms. The normalized spacial score (nSPS) is 19.7. The van der Waals surface area contributed by atoms with Crippen molar-refractivity contribution in [3.8, 4) is 0 Å². The van der Waals surface area contributed by atoms with Gasteiger partial charge in [0, 0.05) is 54.7 Å². The minimum Gasteiger partial charge on any atom is -0.397 e. The fourth-order valence-corrected chi connectivity index (χ4v) is 5.45. The van der Waals surface area contributed by atoms with Crippen LogP contribution in [0.3, 0.4) is 0 Å². The van der Waals surface area contributed by atoms with E-state index in [1.165, 1.54) is 16.7 Å². The van der Waals surface area contributed by atoms with Gasteiger partial charge in [0.05, 0.1) is 17.1 Å². The molecule has 2 aliphatic rings. The number of nitrogen functional groups attached to an aromatic ring is 2. The molecular weight excluding hydrogens is 452 g/mol. The fourth-order valence-electron chi connectivity index (χ4n) is 5.45. The van der Waals surface area contributed by atoms with Crippen molar-refractivity contribution in [2.24, 2.45) is 5.84 Å². The maximum atomic E-state index is 13.2. The van der Waals surface area contributed by atoms with Crippen molar-refractivity contribution in [2.75, 3.05) is 23.0 Å². The highest BCUT2D eigenvalue weighted by molar-refractivity contribution is 5.96. The summed E-state index contributed by atoms with van der Waals surface area (Å²) >= 11 is 0. The van der Waals surface area contributed by atoms with Crippen molar-refractivity contribution in [1.29, 1.82) is 0 Å². The molecule has 5 rings (SSSR count). The highest BCUT2D eigenvalue weighted by Gasteiger charge is 2.35. The van der Waals surface area contributed by atoms with Crippen molar-refractivity contribution < 1.29 is 4.79 Å². The van der Waals surface area contributed by atoms with E-state index in [9.17, 15) is 4.79 Å². The van der Waals surface area contributed by atoms with Gasteiger partial charge >= 0.3 is 0 Å². The smallest absolute Gasteiger partial charge is 0.254 e. The van der Waals surface area contributed by atoms with E-state index >= 15 is 0 Å². The third kappa shape index (κ3) is 4.84. The van der Waals surface area contributed by atoms with Gasteiger partial charge in [-0.15, -0.1) is 0 Å². The Morgan fingerprint density at radius 2 is 1.89 bits per heavy atom. The molecular formula is C27H34N8O. The molecule has 2 aromatic carbocycles. The van der Waals surface area contributed by atoms with E-state index in [1.807, 2.05) is 11.1 Å². The van der Waals surface area contributed by atoms with E-state index in [1.54, 1.807) is 18.2 Å². The maximum Gasteiger partial charge on any atom is 0.254 e. The third-order valence-electron chi connectivity index (χ3n) is 7.24. The predicted octanol–water partition coefficient (Wildman–Crippen LogP) is 3.71. The summed E-state index contributed by atoms with van der Waals surface area (Å²) in [6, 6.07) is 12.1. The van der Waals surface area contributed by atoms with Crippen LogP contribution in [0.1, 0.15) is 52.5 Å². The van der Waals surface area contributed by atoms with Crippen LogP contribution in [0.4, 0.5) is 23.0 Å². The number of hydrogen-bond donors (Lipinski definition) is 4. The highest BCUT2D eigenvalue weighted by atomic mass is 16.2. The first-order chi connectivity index (χ1) is 17.3. The molecule has 6 N–H and O–H groups in total. The summed E-state index contributed by atoms with van der Waals surface area (Å²) in [5, 5.41) is 3.36. The number of nitrogens with zero attached hydrogens (tertiary/aromatic N) is 4. The summed E-state index contributed by atoms with van der Waals surface area (Å²) in [4.78, 5) is 27.0. The molecule has 2 unspecified atom stereocenters. The zero-order chi connectivity index (χ0) is 25.4. The van der Waals surface area contributed by atoms with E-state index < -0.39 is 0 Å². The minimum absolute atomic E-state index is 0.00824. The number of piperidine rings is 1. The Hall–Kier alpha value is -3.69. The molecule has 0 saturated carbocycles. The molecule has 188 valence electrons. The van der Waals surface area contributed by atoms with Gasteiger partial charge in [0.15, 0.2) is 0 Å². The van der Waals surface area contributed by atoms with Crippen LogP contribution in [0.2, 0.25) is 0 Å². The molecule has 0 bridgehead atoms. The van der Waals surface area contributed by atoms with Crippen LogP contribution in [0.15, 0.2) is 42.6 Å². The number of likely N-dealkylation sites (tertiary alicyclic amines) is 1. The van der Waals surface area contributed by atoms with Gasteiger partial charge in [0.2, 0.25) is 5.95 Å². The van der Waals surface area contributed by atoms with E-state index in [0.717, 1.165) is 37.3 Å². The van der Waals surface area contributed by atoms with Gasteiger partial charge in [-0.3, -0.25) is 15.5 Å². The lowest BCUT2D eigenvalue weighted by molar-refractivity contribution is 0.0460. The maximum absolute atomic E-state index is 13.2. The monoisotopic (exact) mass is 486 g/mol. The summed E-state index contributed by atoms with van der Waals surface area (Å²) in [5.74, 6) is 6.10. The van der Waals surface area contributed by atoms with Gasteiger partial charge in [0.1, 0.15) is 0 Å². The first-order valence-electron chi connectivity index (χ1n) is 12.4. The molecule has 0 radical (unpaired) electrons. The molecule has 0 aliphatic carbocycles. The molecule has 3 aromatic rings. The number of anilines is 4. The van der Waals surface area contributed by atoms with Crippen LogP contribution >= 0.6 is 0 Å². The lowest BCUT2D eigenvalue weighted by Gasteiger charge is -2.41. The quantitative estimate of drug-likeness (QED) is 0.244. The van der Waals surface area contributed by atoms with Gasteiger partial charge < -0.3 is 21.4 Å². The van der Waals surface area contributed by atoms with E-state index in [0.29, 0.717) is 35.5 Å². The van der Waals surface area contributed by atoms with E-state index in [4.69, 9.17) is 16.6 Å². The van der Waals surface area contributed by atoms with Crippen molar-refractivity contribution >= 4 is 28.9 Å². The zero-order valence-electron chi connectivity index (χ0n) is 21.1. The number of fused-ring (bicyclic) bond motifs is 1. The Labute approximate surface area is 211 Å². The molecule has 1 aromatic heterocycles. The van der Waals surface area contributed by atoms with Crippen LogP contribution in [-0.4, -0.2) is 44.3 Å². The second-order valence-electron chi connectivity index (χ2n) is 10.0. The standard InChI is InChI=1S/C27H34N8O/c1-16-8-17(2)10-21(9-16)31-27-30-13-20-14-34(15-25(20)32-27)22-6-7-35(18(3)11-22)26(36)19-4-5-24(33-29)23(28)12-19/h4-5,8-10,12-13,18,22,33H,6-7,11,14-15,28-29H2,1-3H3,(H,30,31,32). The van der Waals surface area contributed by atoms with Crippen LogP contribution < -0.4 is 22.3 Å². The second-order valence-corrected chi connectivity index (χ2v) is 10.0.